The van der Waals surface area contributed by atoms with Crippen LogP contribution in [-0.2, 0) is 10.0 Å². The van der Waals surface area contributed by atoms with E-state index in [0.29, 0.717) is 12.3 Å². The Balaban J connectivity index is 1.38. The molecule has 0 spiro atoms. The van der Waals surface area contributed by atoms with Gasteiger partial charge in [0, 0.05) is 36.4 Å². The summed E-state index contributed by atoms with van der Waals surface area (Å²) in [6.07, 6.45) is 6.13. The van der Waals surface area contributed by atoms with Crippen LogP contribution < -0.4 is 14.8 Å². The SMILES string of the molecule is COc1ccc(C)cc1S(=O)(=O)NCCCCCNc1nc(-c2cccnc2)cs1. The first-order valence-electron chi connectivity index (χ1n) is 9.74. The lowest BCUT2D eigenvalue weighted by Gasteiger charge is -2.11. The largest absolute Gasteiger partial charge is 0.495 e. The van der Waals surface area contributed by atoms with Crippen LogP contribution >= 0.6 is 11.3 Å². The maximum absolute atomic E-state index is 12.5. The second-order valence-corrected chi connectivity index (χ2v) is 9.41. The molecule has 1 aromatic carbocycles. The molecule has 3 rings (SSSR count). The first kappa shape index (κ1) is 22.2. The van der Waals surface area contributed by atoms with Crippen molar-refractivity contribution in [3.63, 3.8) is 0 Å². The predicted molar refractivity (Wildman–Crippen MR) is 121 cm³/mol. The molecule has 2 heterocycles. The number of aryl methyl sites for hydroxylation is 1. The molecule has 7 nitrogen and oxygen atoms in total. The summed E-state index contributed by atoms with van der Waals surface area (Å²) < 4.78 is 32.9. The summed E-state index contributed by atoms with van der Waals surface area (Å²) in [6.45, 7) is 3.04. The molecule has 0 aliphatic heterocycles. The van der Waals surface area contributed by atoms with Crippen LogP contribution in [-0.4, -0.2) is 38.6 Å². The molecule has 0 radical (unpaired) electrons. The number of hydrogen-bond acceptors (Lipinski definition) is 7. The summed E-state index contributed by atoms with van der Waals surface area (Å²) >= 11 is 1.56. The van der Waals surface area contributed by atoms with Crippen molar-refractivity contribution in [2.24, 2.45) is 0 Å². The van der Waals surface area contributed by atoms with Crippen LogP contribution in [0.3, 0.4) is 0 Å². The van der Waals surface area contributed by atoms with E-state index in [9.17, 15) is 8.42 Å². The van der Waals surface area contributed by atoms with Gasteiger partial charge in [-0.15, -0.1) is 11.3 Å². The van der Waals surface area contributed by atoms with E-state index in [1.807, 2.05) is 30.5 Å². The Bertz CT molecular complexity index is 1050. The zero-order valence-electron chi connectivity index (χ0n) is 17.1. The number of aromatic nitrogens is 2. The van der Waals surface area contributed by atoms with Gasteiger partial charge in [0.2, 0.25) is 10.0 Å². The lowest BCUT2D eigenvalue weighted by atomic mass is 10.2. The van der Waals surface area contributed by atoms with Gasteiger partial charge in [-0.1, -0.05) is 12.5 Å². The van der Waals surface area contributed by atoms with E-state index >= 15 is 0 Å². The highest BCUT2D eigenvalue weighted by Gasteiger charge is 2.18. The molecule has 160 valence electrons. The van der Waals surface area contributed by atoms with E-state index in [0.717, 1.165) is 47.8 Å². The second-order valence-electron chi connectivity index (χ2n) is 6.82. The normalized spacial score (nSPS) is 11.4. The molecule has 0 unspecified atom stereocenters. The zero-order valence-corrected chi connectivity index (χ0v) is 18.7. The summed E-state index contributed by atoms with van der Waals surface area (Å²) in [6, 6.07) is 9.00. The van der Waals surface area contributed by atoms with Gasteiger partial charge in [0.1, 0.15) is 10.6 Å². The van der Waals surface area contributed by atoms with Crippen LogP contribution in [0.25, 0.3) is 11.3 Å². The molecular weight excluding hydrogens is 420 g/mol. The van der Waals surface area contributed by atoms with Crippen LogP contribution in [0.2, 0.25) is 0 Å². The third-order valence-corrected chi connectivity index (χ3v) is 6.77. The third-order valence-electron chi connectivity index (χ3n) is 4.49. The minimum absolute atomic E-state index is 0.180. The van der Waals surface area contributed by atoms with Gasteiger partial charge in [0.05, 0.1) is 12.8 Å². The van der Waals surface area contributed by atoms with Gasteiger partial charge in [0.15, 0.2) is 5.13 Å². The van der Waals surface area contributed by atoms with Gasteiger partial charge in [-0.25, -0.2) is 18.1 Å². The molecular formula is C21H26N4O3S2. The number of sulfonamides is 1. The van der Waals surface area contributed by atoms with Crippen molar-refractivity contribution in [1.29, 1.82) is 0 Å². The molecule has 0 saturated carbocycles. The summed E-state index contributed by atoms with van der Waals surface area (Å²) in [7, 11) is -2.12. The average Bonchev–Trinajstić information content (AvgIpc) is 3.22. The number of thiazole rings is 1. The van der Waals surface area contributed by atoms with Gasteiger partial charge in [-0.2, -0.15) is 0 Å². The van der Waals surface area contributed by atoms with E-state index in [1.165, 1.54) is 7.11 Å². The van der Waals surface area contributed by atoms with Crippen molar-refractivity contribution in [3.8, 4) is 17.0 Å². The van der Waals surface area contributed by atoms with Crippen LogP contribution in [0.15, 0.2) is 53.0 Å². The molecule has 2 aromatic heterocycles. The van der Waals surface area contributed by atoms with E-state index in [4.69, 9.17) is 4.74 Å². The van der Waals surface area contributed by atoms with Crippen LogP contribution in [0, 0.1) is 6.92 Å². The van der Waals surface area contributed by atoms with Crippen molar-refractivity contribution in [2.45, 2.75) is 31.1 Å². The minimum atomic E-state index is -3.59. The van der Waals surface area contributed by atoms with Crippen molar-refractivity contribution >= 4 is 26.5 Å². The number of nitrogens with zero attached hydrogens (tertiary/aromatic N) is 2. The number of methoxy groups -OCH3 is 1. The lowest BCUT2D eigenvalue weighted by molar-refractivity contribution is 0.402. The fourth-order valence-electron chi connectivity index (χ4n) is 2.90. The number of unbranched alkanes of at least 4 members (excludes halogenated alkanes) is 2. The molecule has 0 amide bonds. The second kappa shape index (κ2) is 10.5. The Hall–Kier alpha value is -2.49. The van der Waals surface area contributed by atoms with Gasteiger partial charge < -0.3 is 10.1 Å². The predicted octanol–water partition coefficient (Wildman–Crippen LogP) is 4.08. The summed E-state index contributed by atoms with van der Waals surface area (Å²) in [5.74, 6) is 0.353. The number of benzene rings is 1. The lowest BCUT2D eigenvalue weighted by Crippen LogP contribution is -2.25. The molecule has 0 aliphatic carbocycles. The van der Waals surface area contributed by atoms with Crippen LogP contribution in [0.4, 0.5) is 5.13 Å². The minimum Gasteiger partial charge on any atom is -0.495 e. The highest BCUT2D eigenvalue weighted by molar-refractivity contribution is 7.89. The molecule has 0 atom stereocenters. The van der Waals surface area contributed by atoms with Crippen LogP contribution in [0.5, 0.6) is 5.75 Å². The quantitative estimate of drug-likeness (QED) is 0.431. The average molecular weight is 447 g/mol. The molecule has 0 saturated heterocycles. The van der Waals surface area contributed by atoms with Gasteiger partial charge in [-0.3, -0.25) is 4.98 Å². The Morgan fingerprint density at radius 2 is 1.97 bits per heavy atom. The Labute approximate surface area is 181 Å². The highest BCUT2D eigenvalue weighted by Crippen LogP contribution is 2.25. The van der Waals surface area contributed by atoms with Crippen LogP contribution in [0.1, 0.15) is 24.8 Å². The first-order valence-corrected chi connectivity index (χ1v) is 12.1. The Kier molecular flexibility index (Phi) is 7.78. The topological polar surface area (TPSA) is 93.2 Å². The van der Waals surface area contributed by atoms with Gasteiger partial charge in [-0.05, 0) is 49.6 Å². The monoisotopic (exact) mass is 446 g/mol. The van der Waals surface area contributed by atoms with Crippen molar-refractivity contribution in [2.75, 3.05) is 25.5 Å². The number of rotatable bonds is 11. The molecule has 3 aromatic rings. The molecule has 9 heteroatoms. The van der Waals surface area contributed by atoms with Crippen molar-refractivity contribution < 1.29 is 13.2 Å². The Morgan fingerprint density at radius 1 is 1.13 bits per heavy atom. The molecule has 0 fully saturated rings. The molecule has 30 heavy (non-hydrogen) atoms. The van der Waals surface area contributed by atoms with E-state index < -0.39 is 10.0 Å². The molecule has 0 aliphatic rings. The smallest absolute Gasteiger partial charge is 0.244 e. The number of hydrogen-bond donors (Lipinski definition) is 2. The number of ether oxygens (including phenoxy) is 1. The highest BCUT2D eigenvalue weighted by atomic mass is 32.2. The zero-order chi connectivity index (χ0) is 21.4. The number of nitrogens with one attached hydrogen (secondary N) is 2. The van der Waals surface area contributed by atoms with E-state index in [-0.39, 0.29) is 4.90 Å². The van der Waals surface area contributed by atoms with Crippen molar-refractivity contribution in [1.82, 2.24) is 14.7 Å². The maximum atomic E-state index is 12.5. The van der Waals surface area contributed by atoms with Gasteiger partial charge in [0.25, 0.3) is 0 Å². The number of pyridine rings is 1. The fourth-order valence-corrected chi connectivity index (χ4v) is 4.98. The standard InChI is InChI=1S/C21H26N4O3S2/c1-16-8-9-19(28-2)20(13-16)30(26,27)24-12-5-3-4-11-23-21-25-18(15-29-21)17-7-6-10-22-14-17/h6-10,13-15,24H,3-5,11-12H2,1-2H3,(H,23,25). The van der Waals surface area contributed by atoms with E-state index in [2.05, 4.69) is 20.0 Å². The summed E-state index contributed by atoms with van der Waals surface area (Å²) in [5, 5.41) is 6.20. The van der Waals surface area contributed by atoms with Crippen molar-refractivity contribution in [3.05, 3.63) is 53.7 Å². The third kappa shape index (κ3) is 6.01. The summed E-state index contributed by atoms with van der Waals surface area (Å²) in [5.41, 5.74) is 2.78. The summed E-state index contributed by atoms with van der Waals surface area (Å²) in [4.78, 5) is 8.86. The maximum Gasteiger partial charge on any atom is 0.244 e. The Morgan fingerprint density at radius 3 is 2.73 bits per heavy atom. The first-order chi connectivity index (χ1) is 14.5. The fraction of sp³-hybridized carbons (Fsp3) is 0.333. The van der Waals surface area contributed by atoms with E-state index in [1.54, 1.807) is 35.9 Å². The molecule has 0 bridgehead atoms. The number of anilines is 1. The van der Waals surface area contributed by atoms with Gasteiger partial charge >= 0.3 is 0 Å². The molecule has 2 N–H and O–H groups in total.